The summed E-state index contributed by atoms with van der Waals surface area (Å²) in [5.74, 6) is 0.189. The highest BCUT2D eigenvalue weighted by molar-refractivity contribution is 5.85. The molecule has 1 amide bonds. The normalized spacial score (nSPS) is 10.2. The summed E-state index contributed by atoms with van der Waals surface area (Å²) in [5.41, 5.74) is 5.40. The smallest absolute Gasteiger partial charge is 0.219 e. The third-order valence-electron chi connectivity index (χ3n) is 3.71. The summed E-state index contributed by atoms with van der Waals surface area (Å²) < 4.78 is 0. The van der Waals surface area contributed by atoms with Crippen molar-refractivity contribution in [2.45, 2.75) is 90.4 Å². The monoisotopic (exact) mass is 320 g/mol. The summed E-state index contributed by atoms with van der Waals surface area (Å²) >= 11 is 0. The Hall–Kier alpha value is -0.280. The predicted molar refractivity (Wildman–Crippen MR) is 95.0 cm³/mol. The lowest BCUT2D eigenvalue weighted by molar-refractivity contribution is -0.121. The quantitative estimate of drug-likeness (QED) is 0.434. The molecule has 0 spiro atoms. The summed E-state index contributed by atoms with van der Waals surface area (Å²) in [4.78, 5) is 11.4. The minimum absolute atomic E-state index is 0. The first-order chi connectivity index (χ1) is 9.81. The molecule has 4 heteroatoms. The Balaban J connectivity index is 0. The molecule has 0 radical (unpaired) electrons. The zero-order valence-corrected chi connectivity index (χ0v) is 14.8. The highest BCUT2D eigenvalue weighted by Crippen LogP contribution is 2.10. The minimum atomic E-state index is 0. The van der Waals surface area contributed by atoms with Gasteiger partial charge in [-0.05, 0) is 25.8 Å². The van der Waals surface area contributed by atoms with Gasteiger partial charge in [0.15, 0.2) is 0 Å². The first-order valence-corrected chi connectivity index (χ1v) is 8.78. The van der Waals surface area contributed by atoms with Gasteiger partial charge in [0.1, 0.15) is 0 Å². The fraction of sp³-hybridized carbons (Fsp3) is 0.941. The molecule has 3 N–H and O–H groups in total. The number of hydrogen-bond donors (Lipinski definition) is 2. The zero-order chi connectivity index (χ0) is 14.9. The number of carbonyl (C=O) groups excluding carboxylic acids is 1. The highest BCUT2D eigenvalue weighted by atomic mass is 35.5. The Labute approximate surface area is 138 Å². The number of carbonyl (C=O) groups is 1. The molecule has 3 nitrogen and oxygen atoms in total. The van der Waals surface area contributed by atoms with Crippen molar-refractivity contribution < 1.29 is 4.79 Å². The molecule has 0 aromatic carbocycles. The molecule has 0 unspecified atom stereocenters. The molecule has 0 atom stereocenters. The van der Waals surface area contributed by atoms with Crippen LogP contribution in [0.3, 0.4) is 0 Å². The second kappa shape index (κ2) is 19.7. The van der Waals surface area contributed by atoms with Gasteiger partial charge in [0.05, 0.1) is 0 Å². The van der Waals surface area contributed by atoms with Crippen molar-refractivity contribution in [2.24, 2.45) is 5.73 Å². The van der Waals surface area contributed by atoms with Crippen LogP contribution in [-0.4, -0.2) is 19.0 Å². The molecule has 0 fully saturated rings. The van der Waals surface area contributed by atoms with Crippen LogP contribution >= 0.6 is 12.4 Å². The molecule has 0 rings (SSSR count). The Kier molecular flexibility index (Phi) is 21.6. The summed E-state index contributed by atoms with van der Waals surface area (Å²) in [6.07, 6.45) is 15.9. The van der Waals surface area contributed by atoms with Crippen molar-refractivity contribution in [3.8, 4) is 0 Å². The molecule has 0 bridgehead atoms. The van der Waals surface area contributed by atoms with Crippen LogP contribution in [0.4, 0.5) is 0 Å². The maximum absolute atomic E-state index is 11.4. The maximum atomic E-state index is 11.4. The van der Waals surface area contributed by atoms with Crippen molar-refractivity contribution in [1.29, 1.82) is 0 Å². The first-order valence-electron chi connectivity index (χ1n) is 8.78. The average molecular weight is 321 g/mol. The molecule has 0 aliphatic carbocycles. The van der Waals surface area contributed by atoms with Gasteiger partial charge in [0.25, 0.3) is 0 Å². The zero-order valence-electron chi connectivity index (χ0n) is 14.0. The van der Waals surface area contributed by atoms with Gasteiger partial charge in [0.2, 0.25) is 5.91 Å². The van der Waals surface area contributed by atoms with E-state index >= 15 is 0 Å². The van der Waals surface area contributed by atoms with E-state index in [9.17, 15) is 4.79 Å². The summed E-state index contributed by atoms with van der Waals surface area (Å²) in [5, 5.41) is 2.99. The van der Waals surface area contributed by atoms with E-state index in [1.807, 2.05) is 0 Å². The van der Waals surface area contributed by atoms with Gasteiger partial charge in [-0.15, -0.1) is 12.4 Å². The molecular formula is C17H37ClN2O. The lowest BCUT2D eigenvalue weighted by atomic mass is 10.1. The molecule has 0 saturated heterocycles. The van der Waals surface area contributed by atoms with Crippen LogP contribution in [0.5, 0.6) is 0 Å². The first kappa shape index (κ1) is 23.0. The molecule has 21 heavy (non-hydrogen) atoms. The van der Waals surface area contributed by atoms with Gasteiger partial charge in [-0.25, -0.2) is 0 Å². The number of halogens is 1. The summed E-state index contributed by atoms with van der Waals surface area (Å²) in [6, 6.07) is 0. The van der Waals surface area contributed by atoms with E-state index in [0.717, 1.165) is 25.8 Å². The van der Waals surface area contributed by atoms with E-state index in [1.54, 1.807) is 0 Å². The number of amides is 1. The van der Waals surface area contributed by atoms with Gasteiger partial charge < -0.3 is 11.1 Å². The minimum Gasteiger partial charge on any atom is -0.356 e. The number of rotatable bonds is 15. The third kappa shape index (κ3) is 19.7. The number of nitrogens with one attached hydrogen (secondary N) is 1. The fourth-order valence-corrected chi connectivity index (χ4v) is 2.36. The van der Waals surface area contributed by atoms with E-state index in [1.165, 1.54) is 57.8 Å². The van der Waals surface area contributed by atoms with Crippen LogP contribution in [0, 0.1) is 0 Å². The standard InChI is InChI=1S/C17H36N2O.ClH/c1-2-3-4-5-6-7-8-9-10-13-16-19-17(20)14-11-12-15-18;/h2-16,18H2,1H3,(H,19,20);1H. The van der Waals surface area contributed by atoms with E-state index in [-0.39, 0.29) is 18.3 Å². The van der Waals surface area contributed by atoms with Crippen LogP contribution in [-0.2, 0) is 4.79 Å². The van der Waals surface area contributed by atoms with Gasteiger partial charge in [-0.3, -0.25) is 4.79 Å². The molecule has 0 aromatic rings. The molecule has 0 aliphatic rings. The highest BCUT2D eigenvalue weighted by Gasteiger charge is 1.99. The lowest BCUT2D eigenvalue weighted by Gasteiger charge is -2.05. The van der Waals surface area contributed by atoms with Crippen molar-refractivity contribution in [1.82, 2.24) is 5.32 Å². The molecular weight excluding hydrogens is 284 g/mol. The third-order valence-corrected chi connectivity index (χ3v) is 3.71. The van der Waals surface area contributed by atoms with Gasteiger partial charge in [0, 0.05) is 13.0 Å². The molecule has 128 valence electrons. The molecule has 0 aromatic heterocycles. The second-order valence-corrected chi connectivity index (χ2v) is 5.78. The topological polar surface area (TPSA) is 55.1 Å². The Morgan fingerprint density at radius 3 is 1.86 bits per heavy atom. The Morgan fingerprint density at radius 2 is 1.33 bits per heavy atom. The summed E-state index contributed by atoms with van der Waals surface area (Å²) in [6.45, 7) is 3.79. The van der Waals surface area contributed by atoms with E-state index in [2.05, 4.69) is 12.2 Å². The van der Waals surface area contributed by atoms with E-state index < -0.39 is 0 Å². The van der Waals surface area contributed by atoms with Gasteiger partial charge >= 0.3 is 0 Å². The van der Waals surface area contributed by atoms with E-state index in [0.29, 0.717) is 13.0 Å². The largest absolute Gasteiger partial charge is 0.356 e. The van der Waals surface area contributed by atoms with Crippen LogP contribution in [0.25, 0.3) is 0 Å². The average Bonchev–Trinajstić information content (AvgIpc) is 2.45. The molecule has 0 heterocycles. The van der Waals surface area contributed by atoms with Crippen molar-refractivity contribution >= 4 is 18.3 Å². The summed E-state index contributed by atoms with van der Waals surface area (Å²) in [7, 11) is 0. The molecule has 0 saturated carbocycles. The Morgan fingerprint density at radius 1 is 0.810 bits per heavy atom. The number of nitrogens with two attached hydrogens (primary N) is 1. The lowest BCUT2D eigenvalue weighted by Crippen LogP contribution is -2.24. The van der Waals surface area contributed by atoms with E-state index in [4.69, 9.17) is 5.73 Å². The van der Waals surface area contributed by atoms with Crippen LogP contribution in [0.15, 0.2) is 0 Å². The van der Waals surface area contributed by atoms with Crippen LogP contribution in [0.2, 0.25) is 0 Å². The van der Waals surface area contributed by atoms with Crippen LogP contribution < -0.4 is 11.1 Å². The Bertz CT molecular complexity index is 213. The van der Waals surface area contributed by atoms with Crippen LogP contribution in [0.1, 0.15) is 90.4 Å². The SMILES string of the molecule is CCCCCCCCCCCCNC(=O)CCCCN.Cl. The van der Waals surface area contributed by atoms with Gasteiger partial charge in [-0.2, -0.15) is 0 Å². The van der Waals surface area contributed by atoms with Gasteiger partial charge in [-0.1, -0.05) is 64.7 Å². The van der Waals surface area contributed by atoms with Crippen molar-refractivity contribution in [2.75, 3.05) is 13.1 Å². The number of hydrogen-bond acceptors (Lipinski definition) is 2. The van der Waals surface area contributed by atoms with Crippen molar-refractivity contribution in [3.05, 3.63) is 0 Å². The second-order valence-electron chi connectivity index (χ2n) is 5.78. The fourth-order valence-electron chi connectivity index (χ4n) is 2.36. The predicted octanol–water partition coefficient (Wildman–Crippen LogP) is 4.57. The number of unbranched alkanes of at least 4 members (excludes halogenated alkanes) is 10. The maximum Gasteiger partial charge on any atom is 0.219 e. The molecule has 0 aliphatic heterocycles. The van der Waals surface area contributed by atoms with Crippen molar-refractivity contribution in [3.63, 3.8) is 0 Å².